The first-order valence-corrected chi connectivity index (χ1v) is 16.6. The van der Waals surface area contributed by atoms with Crippen LogP contribution < -0.4 is 5.73 Å². The van der Waals surface area contributed by atoms with Gasteiger partial charge in [0, 0.05) is 30.0 Å². The monoisotopic (exact) mass is 628 g/mol. The highest BCUT2D eigenvalue weighted by molar-refractivity contribution is 6.09. The molecular formula is C42H64N2O2. The molecule has 254 valence electrons. The van der Waals surface area contributed by atoms with Gasteiger partial charge in [-0.3, -0.25) is 9.59 Å². The number of carbonyl (C=O) groups excluding carboxylic acids is 2. The molecule has 0 saturated carbocycles. The number of hydrogen-bond acceptors (Lipinski definition) is 4. The molecule has 46 heavy (non-hydrogen) atoms. The lowest BCUT2D eigenvalue weighted by molar-refractivity contribution is -0.119. The van der Waals surface area contributed by atoms with Gasteiger partial charge in [-0.2, -0.15) is 0 Å². The predicted octanol–water partition coefficient (Wildman–Crippen LogP) is 11.3. The Labute approximate surface area is 282 Å². The molecule has 0 bridgehead atoms. The Morgan fingerprint density at radius 1 is 1.04 bits per heavy atom. The Balaban J connectivity index is 0. The van der Waals surface area contributed by atoms with Crippen molar-refractivity contribution < 1.29 is 9.59 Å². The standard InChI is InChI=1S/C37H48N2O2.2C2H6.CH4/c1-8-12-32(40)19-18-31(17-16-29(7)38)22-27(5)34(24-30-13-10-9-11-14-30)33-20-15-26(4)35(37(33)41)23-28(6)36(39)21-25(2)3;2*1-2;/h9-11,13-15,18-21,31,33-34,39H,5-8,12,16-17,22-24,38H2,1-4H3;2*1-2H3;1H4/b19-18+,39-36?;;;/t31-,33?,34-;;;/m0.../s1. The van der Waals surface area contributed by atoms with Gasteiger partial charge in [0.25, 0.3) is 0 Å². The van der Waals surface area contributed by atoms with E-state index >= 15 is 0 Å². The molecule has 1 aromatic rings. The van der Waals surface area contributed by atoms with Crippen molar-refractivity contribution in [2.75, 3.05) is 0 Å². The van der Waals surface area contributed by atoms with Crippen LogP contribution in [0, 0.1) is 23.2 Å². The molecule has 3 atom stereocenters. The van der Waals surface area contributed by atoms with Crippen LogP contribution in [0.4, 0.5) is 0 Å². The van der Waals surface area contributed by atoms with Crippen molar-refractivity contribution in [1.82, 2.24) is 0 Å². The highest BCUT2D eigenvalue weighted by Crippen LogP contribution is 2.37. The number of nitrogens with two attached hydrogens (primary N) is 1. The first kappa shape index (κ1) is 44.3. The summed E-state index contributed by atoms with van der Waals surface area (Å²) in [4.78, 5) is 26.3. The van der Waals surface area contributed by atoms with Gasteiger partial charge < -0.3 is 11.1 Å². The van der Waals surface area contributed by atoms with Crippen molar-refractivity contribution in [3.63, 3.8) is 0 Å². The third-order valence-electron chi connectivity index (χ3n) is 7.50. The molecule has 1 aliphatic carbocycles. The fourth-order valence-corrected chi connectivity index (χ4v) is 5.17. The number of rotatable bonds is 17. The predicted molar refractivity (Wildman–Crippen MR) is 203 cm³/mol. The molecule has 2 rings (SSSR count). The molecule has 3 N–H and O–H groups in total. The van der Waals surface area contributed by atoms with Crippen molar-refractivity contribution in [3.05, 3.63) is 120 Å². The van der Waals surface area contributed by atoms with E-state index in [4.69, 9.17) is 11.1 Å². The SMILES string of the molecule is C.C=C(N)CC[C@@H](/C=C/C(=O)CCC)CC(=C)[C@H](Cc1ccccc1)C1C=CC(C)=C(CC(=C)C(=N)C=C(C)C)C1=O.CC.CC. The quantitative estimate of drug-likeness (QED) is 0.102. The number of hydrogen-bond donors (Lipinski definition) is 2. The minimum absolute atomic E-state index is 0. The zero-order valence-corrected chi connectivity index (χ0v) is 29.5. The second-order valence-electron chi connectivity index (χ2n) is 11.5. The van der Waals surface area contributed by atoms with Gasteiger partial charge in [-0.15, -0.1) is 0 Å². The van der Waals surface area contributed by atoms with Crippen LogP contribution in [0.25, 0.3) is 0 Å². The lowest BCUT2D eigenvalue weighted by atomic mass is 9.72. The third-order valence-corrected chi connectivity index (χ3v) is 7.50. The lowest BCUT2D eigenvalue weighted by Crippen LogP contribution is -2.30. The lowest BCUT2D eigenvalue weighted by Gasteiger charge is -2.31. The van der Waals surface area contributed by atoms with E-state index in [9.17, 15) is 9.59 Å². The van der Waals surface area contributed by atoms with Crippen LogP contribution in [0.15, 0.2) is 114 Å². The smallest absolute Gasteiger partial charge is 0.166 e. The average Bonchev–Trinajstić information content (AvgIpc) is 3.01. The van der Waals surface area contributed by atoms with Crippen molar-refractivity contribution in [3.8, 4) is 0 Å². The van der Waals surface area contributed by atoms with Gasteiger partial charge in [-0.1, -0.05) is 121 Å². The molecule has 4 nitrogen and oxygen atoms in total. The fraction of sp³-hybridized carbons (Fsp3) is 0.452. The molecule has 0 radical (unpaired) electrons. The Morgan fingerprint density at radius 3 is 2.20 bits per heavy atom. The van der Waals surface area contributed by atoms with Crippen molar-refractivity contribution >= 4 is 17.3 Å². The largest absolute Gasteiger partial charge is 0.403 e. The van der Waals surface area contributed by atoms with E-state index in [0.29, 0.717) is 54.7 Å². The average molecular weight is 629 g/mol. The van der Waals surface area contributed by atoms with Gasteiger partial charge in [0.15, 0.2) is 11.6 Å². The zero-order valence-electron chi connectivity index (χ0n) is 29.5. The number of benzene rings is 1. The van der Waals surface area contributed by atoms with Gasteiger partial charge in [0.2, 0.25) is 0 Å². The van der Waals surface area contributed by atoms with Crippen LogP contribution in [-0.4, -0.2) is 17.3 Å². The van der Waals surface area contributed by atoms with Crippen LogP contribution in [0.5, 0.6) is 0 Å². The molecule has 0 amide bonds. The number of Topliss-reactive ketones (excluding diaryl/α,β-unsaturated/α-hetero) is 1. The van der Waals surface area contributed by atoms with Crippen molar-refractivity contribution in [1.29, 1.82) is 5.41 Å². The Bertz CT molecular complexity index is 1270. The topological polar surface area (TPSA) is 84.0 Å². The molecule has 0 fully saturated rings. The van der Waals surface area contributed by atoms with E-state index in [1.54, 1.807) is 12.2 Å². The van der Waals surface area contributed by atoms with Crippen LogP contribution in [-0.2, 0) is 16.0 Å². The highest BCUT2D eigenvalue weighted by atomic mass is 16.1. The van der Waals surface area contributed by atoms with Gasteiger partial charge >= 0.3 is 0 Å². The minimum atomic E-state index is -0.373. The van der Waals surface area contributed by atoms with E-state index in [1.807, 2.05) is 91.8 Å². The van der Waals surface area contributed by atoms with Crippen LogP contribution >= 0.6 is 0 Å². The van der Waals surface area contributed by atoms with Gasteiger partial charge in [-0.05, 0) is 93.6 Å². The minimum Gasteiger partial charge on any atom is -0.403 e. The van der Waals surface area contributed by atoms with Crippen LogP contribution in [0.2, 0.25) is 0 Å². The second kappa shape index (κ2) is 24.4. The number of allylic oxidation sites excluding steroid dienone is 11. The number of ketones is 2. The summed E-state index contributed by atoms with van der Waals surface area (Å²) in [5.41, 5.74) is 12.3. The fourth-order valence-electron chi connectivity index (χ4n) is 5.17. The van der Waals surface area contributed by atoms with E-state index in [1.165, 1.54) is 0 Å². The molecule has 0 aromatic heterocycles. The summed E-state index contributed by atoms with van der Waals surface area (Å²) < 4.78 is 0. The third kappa shape index (κ3) is 16.0. The van der Waals surface area contributed by atoms with E-state index in [0.717, 1.165) is 35.1 Å². The summed E-state index contributed by atoms with van der Waals surface area (Å²) in [5, 5.41) is 8.38. The summed E-state index contributed by atoms with van der Waals surface area (Å²) in [7, 11) is 0. The Morgan fingerprint density at radius 2 is 1.65 bits per heavy atom. The molecule has 0 heterocycles. The molecule has 1 aromatic carbocycles. The first-order valence-electron chi connectivity index (χ1n) is 16.6. The summed E-state index contributed by atoms with van der Waals surface area (Å²) >= 11 is 0. The molecule has 1 unspecified atom stereocenters. The maximum Gasteiger partial charge on any atom is 0.166 e. The zero-order chi connectivity index (χ0) is 34.5. The second-order valence-corrected chi connectivity index (χ2v) is 11.5. The maximum absolute atomic E-state index is 14.1. The van der Waals surface area contributed by atoms with E-state index in [2.05, 4.69) is 31.9 Å². The maximum atomic E-state index is 14.1. The Hall–Kier alpha value is -3.79. The summed E-state index contributed by atoms with van der Waals surface area (Å²) in [6, 6.07) is 10.2. The molecule has 0 saturated heterocycles. The van der Waals surface area contributed by atoms with Gasteiger partial charge in [0.05, 0.1) is 5.71 Å². The molecule has 4 heteroatoms. The summed E-state index contributed by atoms with van der Waals surface area (Å²) in [6.07, 6.45) is 13.9. The Kier molecular flexibility index (Phi) is 23.6. The van der Waals surface area contributed by atoms with Crippen molar-refractivity contribution in [2.45, 2.75) is 108 Å². The summed E-state index contributed by atoms with van der Waals surface area (Å²) in [6.45, 7) is 28.3. The number of nitrogens with one attached hydrogen (secondary N) is 1. The van der Waals surface area contributed by atoms with Crippen molar-refractivity contribution in [2.24, 2.45) is 23.5 Å². The van der Waals surface area contributed by atoms with Gasteiger partial charge in [0.1, 0.15) is 0 Å². The van der Waals surface area contributed by atoms with Crippen LogP contribution in [0.3, 0.4) is 0 Å². The molecular weight excluding hydrogens is 564 g/mol. The molecule has 1 aliphatic rings. The van der Waals surface area contributed by atoms with E-state index < -0.39 is 0 Å². The van der Waals surface area contributed by atoms with Crippen LogP contribution in [0.1, 0.15) is 107 Å². The normalized spacial score (nSPS) is 14.9. The molecule has 0 aliphatic heterocycles. The first-order chi connectivity index (χ1) is 21.4. The van der Waals surface area contributed by atoms with E-state index in [-0.39, 0.29) is 36.7 Å². The number of carbonyl (C=O) groups is 2. The summed E-state index contributed by atoms with van der Waals surface area (Å²) in [5.74, 6) is -0.254. The molecule has 0 spiro atoms. The van der Waals surface area contributed by atoms with Gasteiger partial charge in [-0.25, -0.2) is 0 Å². The highest BCUT2D eigenvalue weighted by Gasteiger charge is 2.33.